The summed E-state index contributed by atoms with van der Waals surface area (Å²) in [6, 6.07) is 10.5. The highest BCUT2D eigenvalue weighted by Gasteiger charge is 2.13. The SMILES string of the molecule is Cc1ccc(-c2cc(C(=O)O)cc(-c3nn[nH]n3)c2)c(Cl)c1. The van der Waals surface area contributed by atoms with E-state index in [4.69, 9.17) is 11.6 Å². The summed E-state index contributed by atoms with van der Waals surface area (Å²) >= 11 is 6.28. The Morgan fingerprint density at radius 2 is 1.95 bits per heavy atom. The van der Waals surface area contributed by atoms with Crippen LogP contribution < -0.4 is 0 Å². The Kier molecular flexibility index (Phi) is 3.60. The standard InChI is InChI=1S/C15H11ClN4O2/c1-8-2-3-12(13(16)4-8)9-5-10(14-17-19-20-18-14)7-11(6-9)15(21)22/h2-7H,1H3,(H,21,22)(H,17,18,19,20). The molecule has 0 saturated heterocycles. The van der Waals surface area contributed by atoms with Gasteiger partial charge in [0.15, 0.2) is 0 Å². The van der Waals surface area contributed by atoms with E-state index in [2.05, 4.69) is 20.6 Å². The Balaban J connectivity index is 2.20. The van der Waals surface area contributed by atoms with Crippen LogP contribution in [0, 0.1) is 6.92 Å². The van der Waals surface area contributed by atoms with E-state index in [1.54, 1.807) is 12.1 Å². The van der Waals surface area contributed by atoms with Gasteiger partial charge < -0.3 is 5.11 Å². The molecule has 0 unspecified atom stereocenters. The lowest BCUT2D eigenvalue weighted by Gasteiger charge is -2.08. The summed E-state index contributed by atoms with van der Waals surface area (Å²) in [6.45, 7) is 1.94. The topological polar surface area (TPSA) is 91.8 Å². The number of halogens is 1. The second-order valence-corrected chi connectivity index (χ2v) is 5.23. The van der Waals surface area contributed by atoms with E-state index >= 15 is 0 Å². The average Bonchev–Trinajstić information content (AvgIpc) is 3.01. The van der Waals surface area contributed by atoms with Crippen LogP contribution in [-0.4, -0.2) is 31.7 Å². The number of nitrogens with zero attached hydrogens (tertiary/aromatic N) is 3. The minimum atomic E-state index is -1.03. The Morgan fingerprint density at radius 3 is 2.59 bits per heavy atom. The van der Waals surface area contributed by atoms with Crippen LogP contribution in [0.3, 0.4) is 0 Å². The molecular weight excluding hydrogens is 304 g/mol. The molecule has 0 fully saturated rings. The highest BCUT2D eigenvalue weighted by molar-refractivity contribution is 6.33. The zero-order valence-electron chi connectivity index (χ0n) is 11.5. The van der Waals surface area contributed by atoms with Crippen LogP contribution in [0.1, 0.15) is 15.9 Å². The number of rotatable bonds is 3. The second kappa shape index (κ2) is 5.57. The van der Waals surface area contributed by atoms with E-state index in [0.29, 0.717) is 22.0 Å². The highest BCUT2D eigenvalue weighted by Crippen LogP contribution is 2.32. The fraction of sp³-hybridized carbons (Fsp3) is 0.0667. The van der Waals surface area contributed by atoms with Crippen LogP contribution in [0.4, 0.5) is 0 Å². The van der Waals surface area contributed by atoms with Crippen molar-refractivity contribution in [2.75, 3.05) is 0 Å². The van der Waals surface area contributed by atoms with Gasteiger partial charge in [-0.1, -0.05) is 23.7 Å². The van der Waals surface area contributed by atoms with Gasteiger partial charge >= 0.3 is 5.97 Å². The number of hydrogen-bond acceptors (Lipinski definition) is 4. The van der Waals surface area contributed by atoms with Crippen LogP contribution in [0.2, 0.25) is 5.02 Å². The van der Waals surface area contributed by atoms with Gasteiger partial charge in [0.05, 0.1) is 5.56 Å². The third kappa shape index (κ3) is 2.68. The van der Waals surface area contributed by atoms with Gasteiger partial charge in [-0.3, -0.25) is 0 Å². The van der Waals surface area contributed by atoms with E-state index in [9.17, 15) is 9.90 Å². The van der Waals surface area contributed by atoms with Crippen molar-refractivity contribution in [3.05, 3.63) is 52.5 Å². The summed E-state index contributed by atoms with van der Waals surface area (Å²) in [5, 5.41) is 23.5. The molecule has 3 rings (SSSR count). The van der Waals surface area contributed by atoms with Gasteiger partial charge in [-0.15, -0.1) is 10.2 Å². The first-order valence-corrected chi connectivity index (χ1v) is 6.81. The molecule has 0 atom stereocenters. The minimum absolute atomic E-state index is 0.133. The van der Waals surface area contributed by atoms with Crippen LogP contribution in [0.25, 0.3) is 22.5 Å². The van der Waals surface area contributed by atoms with E-state index in [-0.39, 0.29) is 5.56 Å². The summed E-state index contributed by atoms with van der Waals surface area (Å²) in [7, 11) is 0. The van der Waals surface area contributed by atoms with Crippen molar-refractivity contribution in [2.45, 2.75) is 6.92 Å². The summed E-state index contributed by atoms with van der Waals surface area (Å²) in [5.41, 5.74) is 3.15. The maximum Gasteiger partial charge on any atom is 0.335 e. The molecule has 0 bridgehead atoms. The molecule has 2 N–H and O–H groups in total. The van der Waals surface area contributed by atoms with Crippen LogP contribution >= 0.6 is 11.6 Å². The lowest BCUT2D eigenvalue weighted by atomic mass is 9.98. The monoisotopic (exact) mass is 314 g/mol. The van der Waals surface area contributed by atoms with Crippen molar-refractivity contribution in [2.24, 2.45) is 0 Å². The normalized spacial score (nSPS) is 10.6. The van der Waals surface area contributed by atoms with Crippen molar-refractivity contribution in [1.82, 2.24) is 20.6 Å². The molecule has 0 saturated carbocycles. The average molecular weight is 315 g/mol. The molecule has 3 aromatic rings. The van der Waals surface area contributed by atoms with E-state index in [1.807, 2.05) is 25.1 Å². The second-order valence-electron chi connectivity index (χ2n) is 4.82. The minimum Gasteiger partial charge on any atom is -0.478 e. The molecular formula is C15H11ClN4O2. The molecule has 0 spiro atoms. The summed E-state index contributed by atoms with van der Waals surface area (Å²) < 4.78 is 0. The smallest absolute Gasteiger partial charge is 0.335 e. The van der Waals surface area contributed by atoms with Crippen molar-refractivity contribution < 1.29 is 9.90 Å². The first-order chi connectivity index (χ1) is 10.5. The molecule has 0 radical (unpaired) electrons. The molecule has 6 nitrogen and oxygen atoms in total. The number of carbonyl (C=O) groups is 1. The lowest BCUT2D eigenvalue weighted by Crippen LogP contribution is -1.98. The lowest BCUT2D eigenvalue weighted by molar-refractivity contribution is 0.0697. The van der Waals surface area contributed by atoms with Crippen molar-refractivity contribution >= 4 is 17.6 Å². The van der Waals surface area contributed by atoms with Crippen LogP contribution in [-0.2, 0) is 0 Å². The quantitative estimate of drug-likeness (QED) is 0.774. The zero-order chi connectivity index (χ0) is 15.7. The zero-order valence-corrected chi connectivity index (χ0v) is 12.3. The number of aromatic amines is 1. The Labute approximate surface area is 130 Å². The van der Waals surface area contributed by atoms with Crippen LogP contribution in [0.5, 0.6) is 0 Å². The van der Waals surface area contributed by atoms with Gasteiger partial charge in [0.1, 0.15) is 0 Å². The number of carboxylic acids is 1. The maximum absolute atomic E-state index is 11.3. The van der Waals surface area contributed by atoms with Gasteiger partial charge in [-0.05, 0) is 47.5 Å². The largest absolute Gasteiger partial charge is 0.478 e. The number of aromatic nitrogens is 4. The molecule has 1 heterocycles. The molecule has 2 aromatic carbocycles. The van der Waals surface area contributed by atoms with Gasteiger partial charge in [0.25, 0.3) is 0 Å². The molecule has 0 aliphatic rings. The molecule has 1 aromatic heterocycles. The summed E-state index contributed by atoms with van der Waals surface area (Å²) in [6.07, 6.45) is 0. The predicted octanol–water partition coefficient (Wildman–Crippen LogP) is 3.19. The van der Waals surface area contributed by atoms with Gasteiger partial charge in [0, 0.05) is 16.1 Å². The number of carboxylic acid groups (broad SMARTS) is 1. The van der Waals surface area contributed by atoms with Gasteiger partial charge in [0.2, 0.25) is 5.82 Å². The van der Waals surface area contributed by atoms with Crippen molar-refractivity contribution in [3.63, 3.8) is 0 Å². The van der Waals surface area contributed by atoms with E-state index < -0.39 is 5.97 Å². The van der Waals surface area contributed by atoms with E-state index in [0.717, 1.165) is 11.1 Å². The Bertz CT molecular complexity index is 847. The number of hydrogen-bond donors (Lipinski definition) is 2. The van der Waals surface area contributed by atoms with Crippen molar-refractivity contribution in [1.29, 1.82) is 0 Å². The number of aryl methyl sites for hydroxylation is 1. The van der Waals surface area contributed by atoms with E-state index in [1.165, 1.54) is 6.07 Å². The highest BCUT2D eigenvalue weighted by atomic mass is 35.5. The summed E-state index contributed by atoms with van der Waals surface area (Å²) in [4.78, 5) is 11.3. The van der Waals surface area contributed by atoms with Gasteiger partial charge in [-0.2, -0.15) is 5.21 Å². The molecule has 22 heavy (non-hydrogen) atoms. The number of benzene rings is 2. The molecule has 7 heteroatoms. The molecule has 110 valence electrons. The van der Waals surface area contributed by atoms with Crippen LogP contribution in [0.15, 0.2) is 36.4 Å². The molecule has 0 aliphatic heterocycles. The Hall–Kier alpha value is -2.73. The number of tetrazole rings is 1. The fourth-order valence-electron chi connectivity index (χ4n) is 2.17. The van der Waals surface area contributed by atoms with Gasteiger partial charge in [-0.25, -0.2) is 4.79 Å². The Morgan fingerprint density at radius 1 is 1.18 bits per heavy atom. The third-order valence-electron chi connectivity index (χ3n) is 3.22. The maximum atomic E-state index is 11.3. The number of H-pyrrole nitrogens is 1. The first kappa shape index (κ1) is 14.2. The summed E-state index contributed by atoms with van der Waals surface area (Å²) in [5.74, 6) is -0.706. The fourth-order valence-corrected chi connectivity index (χ4v) is 2.52. The molecule has 0 amide bonds. The third-order valence-corrected chi connectivity index (χ3v) is 3.53. The predicted molar refractivity (Wildman–Crippen MR) is 81.8 cm³/mol. The number of nitrogens with one attached hydrogen (secondary N) is 1. The number of aromatic carboxylic acids is 1. The molecule has 0 aliphatic carbocycles. The van der Waals surface area contributed by atoms with Crippen molar-refractivity contribution in [3.8, 4) is 22.5 Å². The first-order valence-electron chi connectivity index (χ1n) is 6.43.